The number of anilines is 1. The summed E-state index contributed by atoms with van der Waals surface area (Å²) in [6, 6.07) is 15.2. The van der Waals surface area contributed by atoms with E-state index in [1.807, 2.05) is 12.1 Å². The predicted molar refractivity (Wildman–Crippen MR) is 98.8 cm³/mol. The van der Waals surface area contributed by atoms with Gasteiger partial charge in [0.15, 0.2) is 0 Å². The van der Waals surface area contributed by atoms with Gasteiger partial charge in [0.2, 0.25) is 5.91 Å². The Hall–Kier alpha value is -3.42. The molecular weight excluding hydrogens is 371 g/mol. The summed E-state index contributed by atoms with van der Waals surface area (Å²) in [5, 5.41) is 3.07. The number of carbonyl (C=O) groups excluding carboxylic acids is 2. The van der Waals surface area contributed by atoms with Gasteiger partial charge >= 0.3 is 6.18 Å². The van der Waals surface area contributed by atoms with Gasteiger partial charge in [-0.2, -0.15) is 13.2 Å². The van der Waals surface area contributed by atoms with Crippen molar-refractivity contribution in [3.05, 3.63) is 71.9 Å². The SMILES string of the molecule is CN(CC(=O)Nc1ccccc1C(F)(F)F)C(=O)c1ccc2ccccc2n1. The number of alkyl halides is 3. The molecule has 0 aliphatic carbocycles. The highest BCUT2D eigenvalue weighted by Gasteiger charge is 2.33. The lowest BCUT2D eigenvalue weighted by atomic mass is 10.1. The highest BCUT2D eigenvalue weighted by Crippen LogP contribution is 2.34. The number of benzene rings is 2. The van der Waals surface area contributed by atoms with E-state index in [9.17, 15) is 22.8 Å². The number of hydrogen-bond donors (Lipinski definition) is 1. The fraction of sp³-hybridized carbons (Fsp3) is 0.150. The van der Waals surface area contributed by atoms with Crippen LogP contribution in [0.1, 0.15) is 16.1 Å². The van der Waals surface area contributed by atoms with Crippen LogP contribution in [0.3, 0.4) is 0 Å². The molecule has 1 heterocycles. The third kappa shape index (κ3) is 4.28. The van der Waals surface area contributed by atoms with Gasteiger partial charge in [-0.25, -0.2) is 4.98 Å². The first-order chi connectivity index (χ1) is 13.3. The minimum Gasteiger partial charge on any atom is -0.331 e. The summed E-state index contributed by atoms with van der Waals surface area (Å²) in [5.41, 5.74) is -0.534. The van der Waals surface area contributed by atoms with Gasteiger partial charge in [-0.15, -0.1) is 0 Å². The van der Waals surface area contributed by atoms with Crippen molar-refractivity contribution in [2.75, 3.05) is 18.9 Å². The van der Waals surface area contributed by atoms with Crippen molar-refractivity contribution < 1.29 is 22.8 Å². The highest BCUT2D eigenvalue weighted by molar-refractivity contribution is 5.99. The highest BCUT2D eigenvalue weighted by atomic mass is 19.4. The quantitative estimate of drug-likeness (QED) is 0.737. The molecule has 144 valence electrons. The number of aromatic nitrogens is 1. The molecule has 3 rings (SSSR count). The predicted octanol–water partition coefficient (Wildman–Crippen LogP) is 3.96. The average Bonchev–Trinajstić information content (AvgIpc) is 2.66. The van der Waals surface area contributed by atoms with E-state index in [0.29, 0.717) is 5.52 Å². The van der Waals surface area contributed by atoms with E-state index < -0.39 is 30.1 Å². The Kier molecular flexibility index (Phi) is 5.30. The average molecular weight is 387 g/mol. The number of hydrogen-bond acceptors (Lipinski definition) is 3. The molecule has 1 aromatic heterocycles. The number of likely N-dealkylation sites (N-methyl/N-ethyl adjacent to an activating group) is 1. The normalized spacial score (nSPS) is 11.3. The lowest BCUT2D eigenvalue weighted by Gasteiger charge is -2.18. The molecule has 5 nitrogen and oxygen atoms in total. The van der Waals surface area contributed by atoms with Crippen molar-refractivity contribution in [2.45, 2.75) is 6.18 Å². The Bertz CT molecular complexity index is 1030. The largest absolute Gasteiger partial charge is 0.418 e. The molecule has 0 saturated carbocycles. The van der Waals surface area contributed by atoms with E-state index in [0.717, 1.165) is 22.4 Å². The molecule has 0 aliphatic heterocycles. The first-order valence-corrected chi connectivity index (χ1v) is 8.33. The maximum Gasteiger partial charge on any atom is 0.418 e. The van der Waals surface area contributed by atoms with Crippen LogP contribution in [0.2, 0.25) is 0 Å². The molecule has 2 amide bonds. The molecule has 0 fully saturated rings. The van der Waals surface area contributed by atoms with E-state index in [2.05, 4.69) is 10.3 Å². The Morgan fingerprint density at radius 2 is 1.68 bits per heavy atom. The van der Waals surface area contributed by atoms with Crippen molar-refractivity contribution in [1.29, 1.82) is 0 Å². The number of carbonyl (C=O) groups is 2. The molecule has 1 N–H and O–H groups in total. The van der Waals surface area contributed by atoms with Gasteiger partial charge in [-0.3, -0.25) is 9.59 Å². The van der Waals surface area contributed by atoms with Crippen molar-refractivity contribution in [2.24, 2.45) is 0 Å². The van der Waals surface area contributed by atoms with Gasteiger partial charge in [0.1, 0.15) is 5.69 Å². The zero-order valence-electron chi connectivity index (χ0n) is 14.8. The smallest absolute Gasteiger partial charge is 0.331 e. The molecule has 8 heteroatoms. The molecule has 0 atom stereocenters. The first kappa shape index (κ1) is 19.3. The molecule has 0 radical (unpaired) electrons. The Morgan fingerprint density at radius 3 is 2.43 bits per heavy atom. The van der Waals surface area contributed by atoms with E-state index in [-0.39, 0.29) is 11.4 Å². The molecule has 0 spiro atoms. The summed E-state index contributed by atoms with van der Waals surface area (Å²) in [5.74, 6) is -1.25. The summed E-state index contributed by atoms with van der Waals surface area (Å²) in [4.78, 5) is 30.0. The summed E-state index contributed by atoms with van der Waals surface area (Å²) in [6.07, 6.45) is -4.60. The number of amides is 2. The minimum absolute atomic E-state index is 0.143. The lowest BCUT2D eigenvalue weighted by Crippen LogP contribution is -2.35. The standard InChI is InChI=1S/C20H16F3N3O2/c1-26(19(28)17-11-10-13-6-2-4-8-15(13)24-17)12-18(27)25-16-9-5-3-7-14(16)20(21,22)23/h2-11H,12H2,1H3,(H,25,27). The number of para-hydroxylation sites is 2. The lowest BCUT2D eigenvalue weighted by molar-refractivity contribution is -0.137. The molecule has 3 aromatic rings. The van der Waals surface area contributed by atoms with Crippen LogP contribution in [0.4, 0.5) is 18.9 Å². The van der Waals surface area contributed by atoms with E-state index in [1.54, 1.807) is 18.2 Å². The number of nitrogens with zero attached hydrogens (tertiary/aromatic N) is 2. The maximum absolute atomic E-state index is 13.0. The van der Waals surface area contributed by atoms with Crippen LogP contribution in [0, 0.1) is 0 Å². The van der Waals surface area contributed by atoms with Gasteiger partial charge in [-0.1, -0.05) is 36.4 Å². The van der Waals surface area contributed by atoms with Gasteiger partial charge in [0, 0.05) is 12.4 Å². The topological polar surface area (TPSA) is 62.3 Å². The number of rotatable bonds is 4. The van der Waals surface area contributed by atoms with Crippen molar-refractivity contribution in [1.82, 2.24) is 9.88 Å². The minimum atomic E-state index is -4.60. The molecular formula is C20H16F3N3O2. The summed E-state index contributed by atoms with van der Waals surface area (Å²) < 4.78 is 39.0. The van der Waals surface area contributed by atoms with Crippen LogP contribution in [0.15, 0.2) is 60.7 Å². The Balaban J connectivity index is 1.71. The maximum atomic E-state index is 13.0. The summed E-state index contributed by atoms with van der Waals surface area (Å²) >= 11 is 0. The Labute approximate surface area is 158 Å². The van der Waals surface area contributed by atoms with Crippen LogP contribution in [0.5, 0.6) is 0 Å². The van der Waals surface area contributed by atoms with Gasteiger partial charge in [0.25, 0.3) is 5.91 Å². The van der Waals surface area contributed by atoms with Crippen molar-refractivity contribution in [3.63, 3.8) is 0 Å². The van der Waals surface area contributed by atoms with Crippen LogP contribution in [0.25, 0.3) is 10.9 Å². The van der Waals surface area contributed by atoms with E-state index >= 15 is 0 Å². The molecule has 0 saturated heterocycles. The molecule has 2 aromatic carbocycles. The van der Waals surface area contributed by atoms with Crippen molar-refractivity contribution in [3.8, 4) is 0 Å². The number of fused-ring (bicyclic) bond motifs is 1. The second kappa shape index (κ2) is 7.67. The Morgan fingerprint density at radius 1 is 1.00 bits per heavy atom. The van der Waals surface area contributed by atoms with Gasteiger partial charge in [0.05, 0.1) is 23.3 Å². The number of halogens is 3. The molecule has 0 aliphatic rings. The van der Waals surface area contributed by atoms with Gasteiger partial charge < -0.3 is 10.2 Å². The monoisotopic (exact) mass is 387 g/mol. The fourth-order valence-corrected chi connectivity index (χ4v) is 2.70. The van der Waals surface area contributed by atoms with Gasteiger partial charge in [-0.05, 0) is 24.3 Å². The third-order valence-corrected chi connectivity index (χ3v) is 4.05. The van der Waals surface area contributed by atoms with E-state index in [4.69, 9.17) is 0 Å². The van der Waals surface area contributed by atoms with Crippen LogP contribution >= 0.6 is 0 Å². The molecule has 28 heavy (non-hydrogen) atoms. The van der Waals surface area contributed by atoms with Crippen LogP contribution in [-0.4, -0.2) is 35.3 Å². The second-order valence-electron chi connectivity index (χ2n) is 6.14. The number of nitrogens with one attached hydrogen (secondary N) is 1. The summed E-state index contributed by atoms with van der Waals surface area (Å²) in [7, 11) is 1.38. The molecule has 0 unspecified atom stereocenters. The first-order valence-electron chi connectivity index (χ1n) is 8.33. The second-order valence-corrected chi connectivity index (χ2v) is 6.14. The zero-order valence-corrected chi connectivity index (χ0v) is 14.8. The zero-order chi connectivity index (χ0) is 20.3. The van der Waals surface area contributed by atoms with Crippen LogP contribution < -0.4 is 5.32 Å². The van der Waals surface area contributed by atoms with Crippen molar-refractivity contribution >= 4 is 28.4 Å². The third-order valence-electron chi connectivity index (χ3n) is 4.05. The van der Waals surface area contributed by atoms with Crippen LogP contribution in [-0.2, 0) is 11.0 Å². The molecule has 0 bridgehead atoms. The number of pyridine rings is 1. The van der Waals surface area contributed by atoms with E-state index in [1.165, 1.54) is 25.2 Å². The fourth-order valence-electron chi connectivity index (χ4n) is 2.70. The summed E-state index contributed by atoms with van der Waals surface area (Å²) in [6.45, 7) is -0.417.